The van der Waals surface area contributed by atoms with Crippen LogP contribution in [-0.4, -0.2) is 36.2 Å². The molecule has 1 N–H and O–H groups in total. The molecular weight excluding hydrogens is 270 g/mol. The summed E-state index contributed by atoms with van der Waals surface area (Å²) in [7, 11) is 1.74. The molecule has 0 aromatic carbocycles. The van der Waals surface area contributed by atoms with Crippen LogP contribution in [0.2, 0.25) is 0 Å². The molecule has 0 amide bonds. The van der Waals surface area contributed by atoms with Crippen LogP contribution < -0.4 is 5.32 Å². The van der Waals surface area contributed by atoms with Gasteiger partial charge in [-0.05, 0) is 31.2 Å². The van der Waals surface area contributed by atoms with E-state index in [2.05, 4.69) is 41.3 Å². The Bertz CT molecular complexity index is 477. The van der Waals surface area contributed by atoms with Crippen molar-refractivity contribution in [3.8, 4) is 0 Å². The molecule has 2 rings (SSSR count). The number of nitrogens with zero attached hydrogens (tertiary/aromatic N) is 2. The lowest BCUT2D eigenvalue weighted by atomic mass is 9.93. The molecule has 0 saturated carbocycles. The minimum Gasteiger partial charge on any atom is -0.383 e. The summed E-state index contributed by atoms with van der Waals surface area (Å²) in [5.74, 6) is 1.35. The molecule has 0 saturated heterocycles. The maximum atomic E-state index is 5.08. The fourth-order valence-electron chi connectivity index (χ4n) is 2.56. The average molecular weight is 295 g/mol. The Hall–Kier alpha value is -0.910. The molecule has 20 heavy (non-hydrogen) atoms. The molecule has 0 spiro atoms. The largest absolute Gasteiger partial charge is 0.383 e. The molecule has 0 aliphatic rings. The summed E-state index contributed by atoms with van der Waals surface area (Å²) in [5.41, 5.74) is 1.20. The lowest BCUT2D eigenvalue weighted by Crippen LogP contribution is -2.28. The Morgan fingerprint density at radius 1 is 1.45 bits per heavy atom. The van der Waals surface area contributed by atoms with E-state index in [-0.39, 0.29) is 0 Å². The number of fused-ring (bicyclic) bond motifs is 1. The van der Waals surface area contributed by atoms with Crippen molar-refractivity contribution >= 4 is 16.3 Å². The molecule has 2 heterocycles. The van der Waals surface area contributed by atoms with Crippen molar-refractivity contribution in [1.29, 1.82) is 0 Å². The molecule has 2 aromatic heterocycles. The third kappa shape index (κ3) is 4.58. The maximum Gasteiger partial charge on any atom is 0.193 e. The van der Waals surface area contributed by atoms with Gasteiger partial charge in [0.05, 0.1) is 12.3 Å². The van der Waals surface area contributed by atoms with Crippen molar-refractivity contribution in [1.82, 2.24) is 14.7 Å². The van der Waals surface area contributed by atoms with Crippen molar-refractivity contribution in [3.05, 3.63) is 23.5 Å². The summed E-state index contributed by atoms with van der Waals surface area (Å²) in [6, 6.07) is 0. The first kappa shape index (κ1) is 15.5. The van der Waals surface area contributed by atoms with Crippen LogP contribution >= 0.6 is 11.3 Å². The maximum absolute atomic E-state index is 5.08. The number of hydrogen-bond acceptors (Lipinski definition) is 4. The Morgan fingerprint density at radius 2 is 2.30 bits per heavy atom. The molecule has 0 bridgehead atoms. The first-order chi connectivity index (χ1) is 9.69. The van der Waals surface area contributed by atoms with Gasteiger partial charge in [-0.2, -0.15) is 0 Å². The van der Waals surface area contributed by atoms with Gasteiger partial charge in [0.25, 0.3) is 0 Å². The molecule has 1 unspecified atom stereocenters. The summed E-state index contributed by atoms with van der Waals surface area (Å²) >= 11 is 1.69. The summed E-state index contributed by atoms with van der Waals surface area (Å²) in [6.45, 7) is 7.30. The van der Waals surface area contributed by atoms with Crippen molar-refractivity contribution in [2.75, 3.05) is 26.8 Å². The van der Waals surface area contributed by atoms with Gasteiger partial charge in [-0.1, -0.05) is 13.8 Å². The van der Waals surface area contributed by atoms with Gasteiger partial charge in [0.15, 0.2) is 4.96 Å². The van der Waals surface area contributed by atoms with Gasteiger partial charge in [-0.3, -0.25) is 4.40 Å². The van der Waals surface area contributed by atoms with Crippen molar-refractivity contribution in [2.45, 2.75) is 26.7 Å². The molecule has 2 aromatic rings. The first-order valence-electron chi connectivity index (χ1n) is 7.29. The second kappa shape index (κ2) is 7.76. The Balaban J connectivity index is 1.90. The molecular formula is C15H25N3OS. The number of ether oxygens (including phenoxy) is 1. The molecule has 112 valence electrons. The first-order valence-corrected chi connectivity index (χ1v) is 8.17. The fraction of sp³-hybridized carbons (Fsp3) is 0.667. The van der Waals surface area contributed by atoms with Crippen LogP contribution in [-0.2, 0) is 11.2 Å². The smallest absolute Gasteiger partial charge is 0.193 e. The third-order valence-electron chi connectivity index (χ3n) is 3.36. The van der Waals surface area contributed by atoms with Crippen LogP contribution in [0, 0.1) is 11.8 Å². The number of methoxy groups -OCH3 is 1. The van der Waals surface area contributed by atoms with Crippen LogP contribution in [0.5, 0.6) is 0 Å². The van der Waals surface area contributed by atoms with E-state index in [1.807, 2.05) is 0 Å². The summed E-state index contributed by atoms with van der Waals surface area (Å²) in [5, 5.41) is 5.56. The Kier molecular flexibility index (Phi) is 6.01. The molecule has 4 nitrogen and oxygen atoms in total. The average Bonchev–Trinajstić information content (AvgIpc) is 2.94. The number of thiazole rings is 1. The van der Waals surface area contributed by atoms with E-state index in [1.165, 1.54) is 12.1 Å². The third-order valence-corrected chi connectivity index (χ3v) is 4.13. The predicted molar refractivity (Wildman–Crippen MR) is 84.5 cm³/mol. The number of rotatable bonds is 9. The Labute approximate surface area is 125 Å². The van der Waals surface area contributed by atoms with Gasteiger partial charge in [0.1, 0.15) is 0 Å². The zero-order chi connectivity index (χ0) is 14.4. The zero-order valence-electron chi connectivity index (χ0n) is 12.6. The molecule has 1 atom stereocenters. The van der Waals surface area contributed by atoms with Gasteiger partial charge in [-0.15, -0.1) is 11.3 Å². The number of imidazole rings is 1. The lowest BCUT2D eigenvalue weighted by molar-refractivity contribution is 0.197. The standard InChI is InChI=1S/C15H25N3OS/c1-12(2)8-13(10-16-4-6-19-3)9-14-11-18-5-7-20-15(18)17-14/h5,7,11-13,16H,4,6,8-10H2,1-3H3. The van der Waals surface area contributed by atoms with Gasteiger partial charge in [0.2, 0.25) is 0 Å². The van der Waals surface area contributed by atoms with E-state index in [1.54, 1.807) is 18.4 Å². The number of hydrogen-bond donors (Lipinski definition) is 1. The minimum absolute atomic E-state index is 0.636. The molecule has 0 radical (unpaired) electrons. The number of aromatic nitrogens is 2. The van der Waals surface area contributed by atoms with Crippen LogP contribution in [0.3, 0.4) is 0 Å². The van der Waals surface area contributed by atoms with Crippen LogP contribution in [0.4, 0.5) is 0 Å². The second-order valence-corrected chi connectivity index (χ2v) is 6.59. The van der Waals surface area contributed by atoms with Crippen LogP contribution in [0.15, 0.2) is 17.8 Å². The summed E-state index contributed by atoms with van der Waals surface area (Å²) < 4.78 is 7.19. The highest BCUT2D eigenvalue weighted by molar-refractivity contribution is 7.15. The quantitative estimate of drug-likeness (QED) is 0.723. The zero-order valence-corrected chi connectivity index (χ0v) is 13.4. The van der Waals surface area contributed by atoms with Gasteiger partial charge in [0, 0.05) is 31.4 Å². The highest BCUT2D eigenvalue weighted by Gasteiger charge is 2.14. The Morgan fingerprint density at radius 3 is 3.00 bits per heavy atom. The van der Waals surface area contributed by atoms with E-state index >= 15 is 0 Å². The normalized spacial score (nSPS) is 13.4. The van der Waals surface area contributed by atoms with Crippen molar-refractivity contribution in [3.63, 3.8) is 0 Å². The van der Waals surface area contributed by atoms with E-state index < -0.39 is 0 Å². The minimum atomic E-state index is 0.636. The highest BCUT2D eigenvalue weighted by atomic mass is 32.1. The molecule has 0 aliphatic heterocycles. The van der Waals surface area contributed by atoms with Crippen molar-refractivity contribution < 1.29 is 4.74 Å². The van der Waals surface area contributed by atoms with Gasteiger partial charge < -0.3 is 10.1 Å². The fourth-order valence-corrected chi connectivity index (χ4v) is 3.28. The van der Waals surface area contributed by atoms with Crippen LogP contribution in [0.1, 0.15) is 26.0 Å². The topological polar surface area (TPSA) is 38.6 Å². The van der Waals surface area contributed by atoms with E-state index in [9.17, 15) is 0 Å². The summed E-state index contributed by atoms with van der Waals surface area (Å²) in [4.78, 5) is 5.79. The van der Waals surface area contributed by atoms with Gasteiger partial charge in [-0.25, -0.2) is 4.98 Å². The van der Waals surface area contributed by atoms with E-state index in [4.69, 9.17) is 9.72 Å². The second-order valence-electron chi connectivity index (χ2n) is 5.72. The van der Waals surface area contributed by atoms with Crippen LogP contribution in [0.25, 0.3) is 4.96 Å². The SMILES string of the molecule is COCCNCC(Cc1cn2ccsc2n1)CC(C)C. The molecule has 5 heteroatoms. The number of nitrogens with one attached hydrogen (secondary N) is 1. The van der Waals surface area contributed by atoms with E-state index in [0.717, 1.165) is 31.1 Å². The van der Waals surface area contributed by atoms with Crippen molar-refractivity contribution in [2.24, 2.45) is 11.8 Å². The molecule has 0 aliphatic carbocycles. The lowest BCUT2D eigenvalue weighted by Gasteiger charge is -2.18. The summed E-state index contributed by atoms with van der Waals surface area (Å²) in [6.07, 6.45) is 6.51. The predicted octanol–water partition coefficient (Wildman–Crippen LogP) is 2.84. The van der Waals surface area contributed by atoms with Gasteiger partial charge >= 0.3 is 0 Å². The highest BCUT2D eigenvalue weighted by Crippen LogP contribution is 2.18. The molecule has 0 fully saturated rings. The monoisotopic (exact) mass is 295 g/mol. The van der Waals surface area contributed by atoms with E-state index in [0.29, 0.717) is 11.8 Å².